The minimum absolute atomic E-state index is 0. The average molecular weight is 2820 g/mol. The Bertz CT molecular complexity index is 9150. The van der Waals surface area contributed by atoms with Crippen molar-refractivity contribution in [3.8, 4) is 78.9 Å². The molecule has 0 atom stereocenters. The van der Waals surface area contributed by atoms with Gasteiger partial charge in [-0.05, 0) is 235 Å². The SMILES string of the molecule is Cc1cc(C)c(-c2cnc3c4[c-]cccc4c4ccc(C)cc4n23)c(C)c1.Cc1cc(CC(C)(C)C)cc(C)c1-n1cnnc1-c1[c-]ccnc1.Cc1cc(Cc2cccc3c2oc2ccccc23)cc(C)c1-n1ccnc1-c1[c-]cccc1.Cc1cccc(C)c1-c1cnn2c3[c-]cccc3c3ccccc3c12.Cc1ccccc1-c1cc[c-]c2c1c1ccccc1n1c(-c3ccc(C(C)C)cc3C)cnc21.[Ir].[Ir].[Ir].[Ir].[Ir]. The van der Waals surface area contributed by atoms with E-state index in [4.69, 9.17) is 19.5 Å². The number of imidazole rings is 3. The Morgan fingerprint density at radius 2 is 0.986 bits per heavy atom. The van der Waals surface area contributed by atoms with Gasteiger partial charge < -0.3 is 27.3 Å². The zero-order valence-electron chi connectivity index (χ0n) is 85.7. The minimum Gasteiger partial charge on any atom is -0.456 e. The normalized spacial score (nSPS) is 11.3. The van der Waals surface area contributed by atoms with Gasteiger partial charge in [-0.15, -0.1) is 106 Å². The molecule has 18 heteroatoms. The standard InChI is InChI=1S/C32H27N2.C30H23N2O.C25H21N2.C23H17N2.C20H23N4.5Ir/c1-20(2)23-16-17-25(22(4)18-23)30-19-33-32-28-14-9-13-26(24-11-6-5-10-21(24)3)31(28)27-12-7-8-15-29(27)34(30)32;1-20-17-22(19-24-11-8-13-26-25-12-6-7-14-27(25)33-29(24)26)18-21(2)28(20)32-16-15-31-30(32)23-9-4-3-5-10-23;1-15-9-10-20-19-7-5-6-8-21(19)25-26-14-23(27(25)22(20)13-15)24-17(3)11-16(2)12-18(24)4;1-15-8-7-9-16(2)22(15)20-14-24-25-21-13-6-5-11-18(21)17-10-3-4-12-19(17)23(20)25;1-14-9-16(11-20(3,4)5)10-15(2)18(14)24-13-22-23-19(24)17-7-6-8-21-12-17;;;;;/h5-13,15-20H,1-4H3;3-9,11-18H,19H2,1-2H3;5-7,9-14H,1-4H3;3-12,14H,1-2H3;6,8-10,12-13H,11H2,1-5H3;;;;;/q5*-1;;;;;. The maximum atomic E-state index is 6.25. The molecular formula is C130H111Ir5N12O-5. The van der Waals surface area contributed by atoms with Gasteiger partial charge in [0.15, 0.2) is 0 Å². The number of furan rings is 1. The molecule has 0 fully saturated rings. The second kappa shape index (κ2) is 45.3. The molecule has 0 aliphatic rings. The van der Waals surface area contributed by atoms with Crippen LogP contribution >= 0.6 is 0 Å². The van der Waals surface area contributed by atoms with Gasteiger partial charge in [-0.25, -0.2) is 0 Å². The number of pyridine rings is 4. The predicted octanol–water partition coefficient (Wildman–Crippen LogP) is 32.4. The van der Waals surface area contributed by atoms with Crippen molar-refractivity contribution in [1.29, 1.82) is 0 Å². The van der Waals surface area contributed by atoms with Crippen LogP contribution in [0.2, 0.25) is 0 Å². The molecule has 25 rings (SSSR count). The fourth-order valence-electron chi connectivity index (χ4n) is 21.7. The van der Waals surface area contributed by atoms with Crippen LogP contribution in [0.4, 0.5) is 0 Å². The van der Waals surface area contributed by atoms with Gasteiger partial charge >= 0.3 is 0 Å². The minimum atomic E-state index is 0. The van der Waals surface area contributed by atoms with E-state index in [1.807, 2.05) is 101 Å². The second-order valence-corrected chi connectivity index (χ2v) is 39.7. The number of benzene rings is 15. The van der Waals surface area contributed by atoms with Gasteiger partial charge in [0.25, 0.3) is 0 Å². The first-order valence-corrected chi connectivity index (χ1v) is 49.1. The van der Waals surface area contributed by atoms with Crippen molar-refractivity contribution in [2.75, 3.05) is 0 Å². The summed E-state index contributed by atoms with van der Waals surface area (Å²) in [5, 5.41) is 26.1. The van der Waals surface area contributed by atoms with Crippen LogP contribution in [-0.4, -0.2) is 57.7 Å². The summed E-state index contributed by atoms with van der Waals surface area (Å²) >= 11 is 0. The van der Waals surface area contributed by atoms with Crippen LogP contribution in [0.15, 0.2) is 339 Å². The van der Waals surface area contributed by atoms with E-state index in [-0.39, 0.29) is 106 Å². The maximum Gasteiger partial charge on any atom is 0.138 e. The monoisotopic (exact) mass is 2820 g/mol. The molecule has 0 bridgehead atoms. The van der Waals surface area contributed by atoms with Crippen molar-refractivity contribution in [3.63, 3.8) is 0 Å². The third-order valence-electron chi connectivity index (χ3n) is 27.7. The van der Waals surface area contributed by atoms with E-state index in [0.29, 0.717) is 5.92 Å². The predicted molar refractivity (Wildman–Crippen MR) is 591 cm³/mol. The quantitative estimate of drug-likeness (QED) is 0.0874. The smallest absolute Gasteiger partial charge is 0.138 e. The molecule has 0 aliphatic carbocycles. The zero-order valence-corrected chi connectivity index (χ0v) is 97.7. The fraction of sp³-hybridized carbons (Fsp3) is 0.162. The molecule has 0 spiro atoms. The zero-order chi connectivity index (χ0) is 98.8. The fourth-order valence-corrected chi connectivity index (χ4v) is 21.7. The van der Waals surface area contributed by atoms with Crippen molar-refractivity contribution < 1.29 is 105 Å². The van der Waals surface area contributed by atoms with Crippen molar-refractivity contribution in [1.82, 2.24) is 57.7 Å². The molecule has 747 valence electrons. The van der Waals surface area contributed by atoms with Crippen LogP contribution in [0.25, 0.3) is 183 Å². The van der Waals surface area contributed by atoms with Crippen molar-refractivity contribution >= 4 is 104 Å². The van der Waals surface area contributed by atoms with Gasteiger partial charge in [-0.1, -0.05) is 273 Å². The number of nitrogens with zero attached hydrogens (tertiary/aromatic N) is 12. The summed E-state index contributed by atoms with van der Waals surface area (Å²) < 4.78 is 17.1. The second-order valence-electron chi connectivity index (χ2n) is 39.7. The van der Waals surface area contributed by atoms with E-state index < -0.39 is 0 Å². The van der Waals surface area contributed by atoms with Gasteiger partial charge in [-0.2, -0.15) is 34.5 Å². The molecule has 10 aromatic heterocycles. The summed E-state index contributed by atoms with van der Waals surface area (Å²) in [6, 6.07) is 117. The van der Waals surface area contributed by atoms with E-state index in [1.54, 1.807) is 24.8 Å². The molecule has 10 heterocycles. The maximum absolute atomic E-state index is 6.25. The molecular weight excluding hydrogens is 2710 g/mol. The molecule has 13 nitrogen and oxygen atoms in total. The largest absolute Gasteiger partial charge is 0.456 e. The first-order chi connectivity index (χ1) is 69.4. The third kappa shape index (κ3) is 20.7. The van der Waals surface area contributed by atoms with Crippen molar-refractivity contribution in [3.05, 3.63) is 454 Å². The number of aryl methyl sites for hydroxylation is 12. The Morgan fingerprint density at radius 1 is 0.378 bits per heavy atom. The number of aromatic nitrogens is 12. The third-order valence-corrected chi connectivity index (χ3v) is 27.7. The van der Waals surface area contributed by atoms with Crippen LogP contribution in [0, 0.1) is 119 Å². The molecule has 25 aromatic rings. The summed E-state index contributed by atoms with van der Waals surface area (Å²) in [5.41, 5.74) is 42.8. The summed E-state index contributed by atoms with van der Waals surface area (Å²) in [6.07, 6.45) is 17.0. The Morgan fingerprint density at radius 3 is 1.69 bits per heavy atom. The molecule has 0 N–H and O–H groups in total. The number of hydrogen-bond donors (Lipinski definition) is 0. The summed E-state index contributed by atoms with van der Waals surface area (Å²) in [5.74, 6) is 2.17. The number of rotatable bonds is 12. The van der Waals surface area contributed by atoms with E-state index in [2.05, 4.69) is 400 Å². The summed E-state index contributed by atoms with van der Waals surface area (Å²) in [7, 11) is 0. The Labute approximate surface area is 932 Å². The van der Waals surface area contributed by atoms with E-state index in [9.17, 15) is 0 Å². The van der Waals surface area contributed by atoms with Crippen LogP contribution in [-0.2, 0) is 113 Å². The molecule has 0 unspecified atom stereocenters. The van der Waals surface area contributed by atoms with Gasteiger partial charge in [0, 0.05) is 182 Å². The van der Waals surface area contributed by atoms with Crippen molar-refractivity contribution in [2.24, 2.45) is 5.41 Å². The van der Waals surface area contributed by atoms with Crippen molar-refractivity contribution in [2.45, 2.75) is 136 Å². The molecule has 0 saturated carbocycles. The Balaban J connectivity index is 0.000000132. The number of fused-ring (bicyclic) bond motifs is 21. The summed E-state index contributed by atoms with van der Waals surface area (Å²) in [6.45, 7) is 37.3. The molecule has 148 heavy (non-hydrogen) atoms. The van der Waals surface area contributed by atoms with Crippen LogP contribution in [0.1, 0.15) is 130 Å². The first kappa shape index (κ1) is 107. The molecule has 5 radical (unpaired) electrons. The average Bonchev–Trinajstić information content (AvgIpc) is 1.52. The van der Waals surface area contributed by atoms with Crippen LogP contribution < -0.4 is 0 Å². The Kier molecular flexibility index (Phi) is 32.8. The molecule has 0 aliphatic heterocycles. The van der Waals surface area contributed by atoms with Gasteiger partial charge in [-0.3, -0.25) is 19.5 Å². The number of para-hydroxylation sites is 4. The topological polar surface area (TPSA) is 126 Å². The van der Waals surface area contributed by atoms with Crippen LogP contribution in [0.5, 0.6) is 0 Å². The molecule has 15 aromatic carbocycles. The Hall–Kier alpha value is -13.5. The van der Waals surface area contributed by atoms with E-state index in [1.165, 1.54) is 188 Å². The summed E-state index contributed by atoms with van der Waals surface area (Å²) in [4.78, 5) is 18.6. The van der Waals surface area contributed by atoms with E-state index >= 15 is 0 Å². The van der Waals surface area contributed by atoms with Crippen LogP contribution in [0.3, 0.4) is 0 Å². The molecule has 0 amide bonds. The number of hydrogen-bond acceptors (Lipinski definition) is 8. The van der Waals surface area contributed by atoms with Gasteiger partial charge in [0.2, 0.25) is 0 Å². The first-order valence-electron chi connectivity index (χ1n) is 49.1. The molecule has 0 saturated heterocycles. The van der Waals surface area contributed by atoms with Gasteiger partial charge in [0.05, 0.1) is 46.0 Å². The van der Waals surface area contributed by atoms with Gasteiger partial charge in [0.1, 0.15) is 17.5 Å². The van der Waals surface area contributed by atoms with E-state index in [0.717, 1.165) is 97.0 Å².